The Morgan fingerprint density at radius 2 is 1.88 bits per heavy atom. The number of aliphatic hydroxyl groups is 1. The molecule has 43 heavy (non-hydrogen) atoms. The molecule has 0 radical (unpaired) electrons. The van der Waals surface area contributed by atoms with Crippen LogP contribution in [0.5, 0.6) is 0 Å². The van der Waals surface area contributed by atoms with E-state index in [-0.39, 0.29) is 30.6 Å². The summed E-state index contributed by atoms with van der Waals surface area (Å²) in [6.45, 7) is 6.02. The standard InChI is InChI=1S/C32H36FN7O3/c1-20(41)18-34-32(2,3)17-29(42)35-27-14-12-23-16-24(33)13-15-28(23)40(31(27)43)19-21-8-10-22(11-9-21)25-6-4-5-7-26(25)30-36-38-39-37-30/h4-11,13,15-16,20,27,34,41H,12,14,17-19H2,1-3H3,(H,35,42)(H,36,37,38,39)/t20-,27-/m1/s1. The number of anilines is 1. The van der Waals surface area contributed by atoms with Gasteiger partial charge in [-0.3, -0.25) is 9.59 Å². The maximum Gasteiger partial charge on any atom is 0.249 e. The van der Waals surface area contributed by atoms with Crippen LogP contribution in [0.2, 0.25) is 0 Å². The van der Waals surface area contributed by atoms with Crippen LogP contribution in [0.15, 0.2) is 66.7 Å². The summed E-state index contributed by atoms with van der Waals surface area (Å²) in [5.74, 6) is -0.331. The van der Waals surface area contributed by atoms with Gasteiger partial charge in [0.1, 0.15) is 11.9 Å². The van der Waals surface area contributed by atoms with Crippen LogP contribution >= 0.6 is 0 Å². The van der Waals surface area contributed by atoms with Crippen LogP contribution < -0.4 is 15.5 Å². The fourth-order valence-electron chi connectivity index (χ4n) is 5.36. The molecule has 1 aromatic heterocycles. The zero-order chi connectivity index (χ0) is 30.6. The fourth-order valence-corrected chi connectivity index (χ4v) is 5.36. The molecule has 0 saturated heterocycles. The quantitative estimate of drug-likeness (QED) is 0.222. The number of halogens is 1. The number of rotatable bonds is 10. The van der Waals surface area contributed by atoms with Gasteiger partial charge in [-0.2, -0.15) is 0 Å². The Kier molecular flexibility index (Phi) is 8.93. The molecule has 1 aliphatic rings. The number of fused-ring (bicyclic) bond motifs is 1. The zero-order valence-corrected chi connectivity index (χ0v) is 24.5. The first kappa shape index (κ1) is 30.0. The smallest absolute Gasteiger partial charge is 0.249 e. The molecule has 0 unspecified atom stereocenters. The highest BCUT2D eigenvalue weighted by Crippen LogP contribution is 2.32. The van der Waals surface area contributed by atoms with Crippen molar-refractivity contribution in [3.05, 3.63) is 83.7 Å². The van der Waals surface area contributed by atoms with Crippen LogP contribution in [0.3, 0.4) is 0 Å². The first-order chi connectivity index (χ1) is 20.6. The highest BCUT2D eigenvalue weighted by atomic mass is 19.1. The van der Waals surface area contributed by atoms with Gasteiger partial charge in [0.15, 0.2) is 5.82 Å². The van der Waals surface area contributed by atoms with Gasteiger partial charge in [-0.1, -0.05) is 48.5 Å². The lowest BCUT2D eigenvalue weighted by Crippen LogP contribution is -2.51. The maximum absolute atomic E-state index is 14.2. The van der Waals surface area contributed by atoms with E-state index in [9.17, 15) is 19.1 Å². The molecule has 224 valence electrons. The molecule has 4 N–H and O–H groups in total. The number of amides is 2. The van der Waals surface area contributed by atoms with Gasteiger partial charge in [-0.15, -0.1) is 5.10 Å². The third-order valence-corrected chi connectivity index (χ3v) is 7.55. The van der Waals surface area contributed by atoms with Crippen LogP contribution in [-0.2, 0) is 22.6 Å². The number of hydrogen-bond donors (Lipinski definition) is 4. The number of H-pyrrole nitrogens is 1. The van der Waals surface area contributed by atoms with E-state index in [0.717, 1.165) is 27.8 Å². The number of tetrazole rings is 1. The number of aliphatic hydroxyl groups excluding tert-OH is 1. The third-order valence-electron chi connectivity index (χ3n) is 7.55. The number of aromatic amines is 1. The summed E-state index contributed by atoms with van der Waals surface area (Å²) in [5.41, 5.74) is 4.42. The lowest BCUT2D eigenvalue weighted by molar-refractivity contribution is -0.128. The van der Waals surface area contributed by atoms with Crippen LogP contribution in [0.1, 0.15) is 44.7 Å². The van der Waals surface area contributed by atoms with Crippen molar-refractivity contribution in [2.45, 2.75) is 64.3 Å². The number of β-amino-alcohol motifs (C(OH)–C–C–N with tert-alkyl or cyclic N) is 1. The van der Waals surface area contributed by atoms with Gasteiger partial charge in [0.2, 0.25) is 11.8 Å². The van der Waals surface area contributed by atoms with Gasteiger partial charge in [0.05, 0.1) is 12.6 Å². The van der Waals surface area contributed by atoms with Crippen LogP contribution in [0.25, 0.3) is 22.5 Å². The molecule has 1 aliphatic heterocycles. The summed E-state index contributed by atoms with van der Waals surface area (Å²) < 4.78 is 14.2. The predicted molar refractivity (Wildman–Crippen MR) is 161 cm³/mol. The number of hydrogen-bond acceptors (Lipinski definition) is 7. The molecular formula is C32H36FN7O3. The number of carbonyl (C=O) groups excluding carboxylic acids is 2. The minimum absolute atomic E-state index is 0.123. The van der Waals surface area contributed by atoms with E-state index in [4.69, 9.17) is 0 Å². The van der Waals surface area contributed by atoms with E-state index in [2.05, 4.69) is 31.3 Å². The SMILES string of the molecule is C[C@@H](O)CNC(C)(C)CC(=O)N[C@@H]1CCc2cc(F)ccc2N(Cc2ccc(-c3ccccc3-c3nnn[nH]3)cc2)C1=O. The Balaban J connectivity index is 1.36. The Hall–Kier alpha value is -4.48. The van der Waals surface area contributed by atoms with E-state index in [1.807, 2.05) is 62.4 Å². The molecule has 3 aromatic carbocycles. The molecule has 0 saturated carbocycles. The fraction of sp³-hybridized carbons (Fsp3) is 0.344. The van der Waals surface area contributed by atoms with Gasteiger partial charge in [0.25, 0.3) is 0 Å². The van der Waals surface area contributed by atoms with Crippen molar-refractivity contribution in [1.29, 1.82) is 0 Å². The Morgan fingerprint density at radius 1 is 1.14 bits per heavy atom. The number of aryl methyl sites for hydroxylation is 1. The number of nitrogens with zero attached hydrogens (tertiary/aromatic N) is 4. The predicted octanol–water partition coefficient (Wildman–Crippen LogP) is 3.78. The van der Waals surface area contributed by atoms with E-state index < -0.39 is 17.7 Å². The van der Waals surface area contributed by atoms with Crippen molar-refractivity contribution < 1.29 is 19.1 Å². The first-order valence-electron chi connectivity index (χ1n) is 14.3. The van der Waals surface area contributed by atoms with Gasteiger partial charge in [-0.25, -0.2) is 9.49 Å². The van der Waals surface area contributed by atoms with E-state index in [0.29, 0.717) is 30.9 Å². The molecule has 10 nitrogen and oxygen atoms in total. The van der Waals surface area contributed by atoms with Crippen molar-refractivity contribution >= 4 is 17.5 Å². The lowest BCUT2D eigenvalue weighted by atomic mass is 9.98. The third kappa shape index (κ3) is 7.30. The lowest BCUT2D eigenvalue weighted by Gasteiger charge is -2.29. The molecule has 4 aromatic rings. The molecule has 0 aliphatic carbocycles. The number of aromatic nitrogens is 4. The van der Waals surface area contributed by atoms with Crippen molar-refractivity contribution in [2.75, 3.05) is 11.4 Å². The van der Waals surface area contributed by atoms with Gasteiger partial charge >= 0.3 is 0 Å². The van der Waals surface area contributed by atoms with Gasteiger partial charge < -0.3 is 20.6 Å². The van der Waals surface area contributed by atoms with Crippen LogP contribution in [0.4, 0.5) is 10.1 Å². The summed E-state index contributed by atoms with van der Waals surface area (Å²) in [6, 6.07) is 19.3. The molecule has 5 rings (SSSR count). The first-order valence-corrected chi connectivity index (χ1v) is 14.3. The monoisotopic (exact) mass is 585 g/mol. The molecule has 0 bridgehead atoms. The topological polar surface area (TPSA) is 136 Å². The minimum atomic E-state index is -0.766. The van der Waals surface area contributed by atoms with Crippen molar-refractivity contribution in [3.8, 4) is 22.5 Å². The highest BCUT2D eigenvalue weighted by Gasteiger charge is 2.33. The molecular weight excluding hydrogens is 549 g/mol. The van der Waals surface area contributed by atoms with E-state index in [1.165, 1.54) is 12.1 Å². The van der Waals surface area contributed by atoms with Crippen LogP contribution in [0, 0.1) is 5.82 Å². The van der Waals surface area contributed by atoms with E-state index in [1.54, 1.807) is 17.9 Å². The van der Waals surface area contributed by atoms with Gasteiger partial charge in [-0.05, 0) is 84.5 Å². The Bertz CT molecular complexity index is 1570. The number of carbonyl (C=O) groups is 2. The second-order valence-corrected chi connectivity index (χ2v) is 11.6. The van der Waals surface area contributed by atoms with Crippen molar-refractivity contribution in [2.24, 2.45) is 0 Å². The Morgan fingerprint density at radius 3 is 2.58 bits per heavy atom. The minimum Gasteiger partial charge on any atom is -0.392 e. The number of benzene rings is 3. The van der Waals surface area contributed by atoms with Crippen molar-refractivity contribution in [3.63, 3.8) is 0 Å². The zero-order valence-electron chi connectivity index (χ0n) is 24.5. The number of nitrogens with one attached hydrogen (secondary N) is 3. The molecule has 11 heteroatoms. The van der Waals surface area contributed by atoms with Crippen molar-refractivity contribution in [1.82, 2.24) is 31.3 Å². The van der Waals surface area contributed by atoms with E-state index >= 15 is 0 Å². The second-order valence-electron chi connectivity index (χ2n) is 11.6. The van der Waals surface area contributed by atoms with Crippen LogP contribution in [-0.4, -0.2) is 61.8 Å². The van der Waals surface area contributed by atoms with Gasteiger partial charge in [0, 0.05) is 29.8 Å². The highest BCUT2D eigenvalue weighted by molar-refractivity contribution is 6.00. The molecule has 2 amide bonds. The summed E-state index contributed by atoms with van der Waals surface area (Å²) in [7, 11) is 0. The largest absolute Gasteiger partial charge is 0.392 e. The summed E-state index contributed by atoms with van der Waals surface area (Å²) in [4.78, 5) is 28.6. The molecule has 2 atom stereocenters. The normalized spacial score (nSPS) is 16.0. The molecule has 0 fully saturated rings. The summed E-state index contributed by atoms with van der Waals surface area (Å²) in [6.07, 6.45) is 0.368. The average molecular weight is 586 g/mol. The maximum atomic E-state index is 14.2. The molecule has 2 heterocycles. The average Bonchev–Trinajstić information content (AvgIpc) is 3.49. The second kappa shape index (κ2) is 12.8. The summed E-state index contributed by atoms with van der Waals surface area (Å²) in [5, 5.41) is 29.9. The summed E-state index contributed by atoms with van der Waals surface area (Å²) >= 11 is 0. The Labute approximate surface area is 249 Å². The molecule has 0 spiro atoms.